The maximum atomic E-state index is 13.6. The first-order valence-electron chi connectivity index (χ1n) is 7.60. The van der Waals surface area contributed by atoms with Crippen LogP contribution in [0.4, 0.5) is 15.8 Å². The summed E-state index contributed by atoms with van der Waals surface area (Å²) >= 11 is 0. The van der Waals surface area contributed by atoms with Gasteiger partial charge >= 0.3 is 0 Å². The molecule has 1 aliphatic heterocycles. The average molecular weight is 313 g/mol. The molecule has 2 N–H and O–H groups in total. The number of rotatable bonds is 4. The van der Waals surface area contributed by atoms with Crippen LogP contribution in [0, 0.1) is 5.82 Å². The van der Waals surface area contributed by atoms with Crippen LogP contribution in [0.5, 0.6) is 0 Å². The lowest BCUT2D eigenvalue weighted by atomic mass is 9.92. The van der Waals surface area contributed by atoms with Crippen molar-refractivity contribution in [2.45, 2.75) is 6.42 Å². The molecule has 0 saturated heterocycles. The number of para-hydroxylation sites is 1. The predicted octanol–water partition coefficient (Wildman–Crippen LogP) is 2.53. The Kier molecular flexibility index (Phi) is 4.05. The van der Waals surface area contributed by atoms with Crippen LogP contribution in [-0.4, -0.2) is 38.0 Å². The van der Waals surface area contributed by atoms with E-state index in [-0.39, 0.29) is 5.82 Å². The van der Waals surface area contributed by atoms with Crippen LogP contribution >= 0.6 is 0 Å². The highest BCUT2D eigenvalue weighted by atomic mass is 19.1. The third-order valence-electron chi connectivity index (χ3n) is 4.14. The third-order valence-corrected chi connectivity index (χ3v) is 4.14. The van der Waals surface area contributed by atoms with Gasteiger partial charge in [-0.25, -0.2) is 4.39 Å². The van der Waals surface area contributed by atoms with E-state index in [1.54, 1.807) is 18.2 Å². The number of nitrogens with two attached hydrogens (primary N) is 1. The molecule has 23 heavy (non-hydrogen) atoms. The number of nitrogens with zero attached hydrogens (tertiary/aromatic N) is 2. The lowest BCUT2D eigenvalue weighted by Gasteiger charge is -2.35. The zero-order chi connectivity index (χ0) is 16.6. The van der Waals surface area contributed by atoms with E-state index in [0.717, 1.165) is 29.0 Å². The molecule has 0 aromatic heterocycles. The van der Waals surface area contributed by atoms with Crippen LogP contribution in [0.25, 0.3) is 0 Å². The van der Waals surface area contributed by atoms with Gasteiger partial charge in [0.2, 0.25) is 0 Å². The summed E-state index contributed by atoms with van der Waals surface area (Å²) in [6.45, 7) is 1.51. The second-order valence-corrected chi connectivity index (χ2v) is 6.08. The summed E-state index contributed by atoms with van der Waals surface area (Å²) in [4.78, 5) is 16.0. The fourth-order valence-electron chi connectivity index (χ4n) is 3.07. The highest BCUT2D eigenvalue weighted by Crippen LogP contribution is 2.40. The Balaban J connectivity index is 2.14. The number of amides is 1. The molecule has 1 amide bonds. The molecule has 2 aromatic rings. The van der Waals surface area contributed by atoms with Gasteiger partial charge in [-0.1, -0.05) is 12.1 Å². The van der Waals surface area contributed by atoms with Gasteiger partial charge in [0.05, 0.1) is 11.3 Å². The normalized spacial score (nSPS) is 13.0. The minimum absolute atomic E-state index is 0.245. The molecule has 0 unspecified atom stereocenters. The molecular formula is C18H20FN3O. The smallest absolute Gasteiger partial charge is 0.250 e. The lowest BCUT2D eigenvalue weighted by Crippen LogP contribution is -2.33. The molecule has 3 rings (SSSR count). The van der Waals surface area contributed by atoms with Crippen molar-refractivity contribution >= 4 is 17.3 Å². The highest BCUT2D eigenvalue weighted by molar-refractivity contribution is 6.01. The standard InChI is InChI=1S/C18H20FN3O/c1-21(2)8-9-22-16-7-6-14(19)11-13(16)10-12-4-3-5-15(17(12)22)18(20)23/h3-7,11H,8-10H2,1-2H3,(H2,20,23). The summed E-state index contributed by atoms with van der Waals surface area (Å²) in [6.07, 6.45) is 0.599. The minimum Gasteiger partial charge on any atom is -0.366 e. The molecule has 2 aromatic carbocycles. The molecule has 0 aliphatic carbocycles. The molecule has 5 heteroatoms. The maximum absolute atomic E-state index is 13.6. The van der Waals surface area contributed by atoms with Crippen LogP contribution in [0.15, 0.2) is 36.4 Å². The fraction of sp³-hybridized carbons (Fsp3) is 0.278. The van der Waals surface area contributed by atoms with Crippen LogP contribution < -0.4 is 10.6 Å². The number of anilines is 2. The Labute approximate surface area is 135 Å². The van der Waals surface area contributed by atoms with E-state index in [2.05, 4.69) is 9.80 Å². The summed E-state index contributed by atoms with van der Waals surface area (Å²) < 4.78 is 13.6. The third kappa shape index (κ3) is 2.92. The van der Waals surface area contributed by atoms with Crippen LogP contribution in [0.2, 0.25) is 0 Å². The van der Waals surface area contributed by atoms with Gasteiger partial charge < -0.3 is 15.5 Å². The van der Waals surface area contributed by atoms with Gasteiger partial charge in [0, 0.05) is 25.2 Å². The number of halogens is 1. The molecule has 0 radical (unpaired) electrons. The van der Waals surface area contributed by atoms with E-state index in [4.69, 9.17) is 5.73 Å². The van der Waals surface area contributed by atoms with Crippen molar-refractivity contribution in [3.8, 4) is 0 Å². The van der Waals surface area contributed by atoms with Gasteiger partial charge in [0.15, 0.2) is 0 Å². The number of primary amides is 1. The maximum Gasteiger partial charge on any atom is 0.250 e. The van der Waals surface area contributed by atoms with E-state index in [9.17, 15) is 9.18 Å². The Hall–Kier alpha value is -2.40. The van der Waals surface area contributed by atoms with Crippen LogP contribution in [0.3, 0.4) is 0 Å². The van der Waals surface area contributed by atoms with Gasteiger partial charge in [-0.2, -0.15) is 0 Å². The molecule has 0 spiro atoms. The lowest BCUT2D eigenvalue weighted by molar-refractivity contribution is 0.100. The zero-order valence-corrected chi connectivity index (χ0v) is 13.3. The Morgan fingerprint density at radius 3 is 2.74 bits per heavy atom. The van der Waals surface area contributed by atoms with E-state index in [1.165, 1.54) is 6.07 Å². The second-order valence-electron chi connectivity index (χ2n) is 6.08. The quantitative estimate of drug-likeness (QED) is 0.943. The van der Waals surface area contributed by atoms with Gasteiger partial charge in [0.25, 0.3) is 5.91 Å². The van der Waals surface area contributed by atoms with Gasteiger partial charge in [-0.15, -0.1) is 0 Å². The number of carbonyl (C=O) groups excluding carboxylic acids is 1. The van der Waals surface area contributed by atoms with Crippen molar-refractivity contribution in [2.24, 2.45) is 5.73 Å². The minimum atomic E-state index is -0.442. The molecule has 1 heterocycles. The topological polar surface area (TPSA) is 49.6 Å². The summed E-state index contributed by atoms with van der Waals surface area (Å²) in [5.41, 5.74) is 9.79. The molecular weight excluding hydrogens is 293 g/mol. The Bertz CT molecular complexity index is 758. The first-order valence-corrected chi connectivity index (χ1v) is 7.60. The number of hydrogen-bond acceptors (Lipinski definition) is 3. The molecule has 4 nitrogen and oxygen atoms in total. The van der Waals surface area contributed by atoms with Gasteiger partial charge in [-0.05, 0) is 49.5 Å². The Morgan fingerprint density at radius 1 is 1.26 bits per heavy atom. The van der Waals surface area contributed by atoms with Crippen molar-refractivity contribution in [2.75, 3.05) is 32.1 Å². The summed E-state index contributed by atoms with van der Waals surface area (Å²) in [6, 6.07) is 10.3. The molecule has 0 atom stereocenters. The van der Waals surface area contributed by atoms with Crippen molar-refractivity contribution in [3.63, 3.8) is 0 Å². The molecule has 0 fully saturated rings. The average Bonchev–Trinajstić information content (AvgIpc) is 2.50. The molecule has 0 bridgehead atoms. The first-order chi connectivity index (χ1) is 11.0. The van der Waals surface area contributed by atoms with Gasteiger partial charge in [0.1, 0.15) is 5.82 Å². The SMILES string of the molecule is CN(C)CCN1c2ccc(F)cc2Cc2cccc(C(N)=O)c21. The Morgan fingerprint density at radius 2 is 2.04 bits per heavy atom. The van der Waals surface area contributed by atoms with Crippen molar-refractivity contribution in [3.05, 3.63) is 58.9 Å². The number of carbonyl (C=O) groups is 1. The summed E-state index contributed by atoms with van der Waals surface area (Å²) in [5.74, 6) is -0.687. The van der Waals surface area contributed by atoms with E-state index >= 15 is 0 Å². The van der Waals surface area contributed by atoms with E-state index in [0.29, 0.717) is 18.5 Å². The van der Waals surface area contributed by atoms with E-state index in [1.807, 2.05) is 26.2 Å². The van der Waals surface area contributed by atoms with Crippen molar-refractivity contribution in [1.29, 1.82) is 0 Å². The summed E-state index contributed by atoms with van der Waals surface area (Å²) in [5, 5.41) is 0. The van der Waals surface area contributed by atoms with Gasteiger partial charge in [-0.3, -0.25) is 4.79 Å². The first kappa shape index (κ1) is 15.5. The molecule has 120 valence electrons. The van der Waals surface area contributed by atoms with Crippen LogP contribution in [0.1, 0.15) is 21.5 Å². The fourth-order valence-corrected chi connectivity index (χ4v) is 3.07. The second kappa shape index (κ2) is 6.01. The molecule has 0 saturated carbocycles. The van der Waals surface area contributed by atoms with E-state index < -0.39 is 5.91 Å². The highest BCUT2D eigenvalue weighted by Gasteiger charge is 2.26. The van der Waals surface area contributed by atoms with Crippen molar-refractivity contribution in [1.82, 2.24) is 4.90 Å². The van der Waals surface area contributed by atoms with Crippen molar-refractivity contribution < 1.29 is 9.18 Å². The number of benzene rings is 2. The largest absolute Gasteiger partial charge is 0.366 e. The number of hydrogen-bond donors (Lipinski definition) is 1. The number of fused-ring (bicyclic) bond motifs is 2. The zero-order valence-electron chi connectivity index (χ0n) is 13.3. The molecule has 1 aliphatic rings. The van der Waals surface area contributed by atoms with Crippen LogP contribution in [-0.2, 0) is 6.42 Å². The predicted molar refractivity (Wildman–Crippen MR) is 89.7 cm³/mol. The summed E-state index contributed by atoms with van der Waals surface area (Å²) in [7, 11) is 3.99. The monoisotopic (exact) mass is 313 g/mol. The number of likely N-dealkylation sites (N-methyl/N-ethyl adjacent to an activating group) is 1.